The first kappa shape index (κ1) is 14.5. The summed E-state index contributed by atoms with van der Waals surface area (Å²) in [5.74, 6) is -1.04. The zero-order valence-corrected chi connectivity index (χ0v) is 12.2. The van der Waals surface area contributed by atoms with Gasteiger partial charge in [-0.1, -0.05) is 30.3 Å². The minimum atomic E-state index is -0.716. The van der Waals surface area contributed by atoms with Crippen molar-refractivity contribution >= 4 is 0 Å². The van der Waals surface area contributed by atoms with E-state index in [0.29, 0.717) is 13.2 Å². The van der Waals surface area contributed by atoms with Gasteiger partial charge in [-0.05, 0) is 19.4 Å². The van der Waals surface area contributed by atoms with Crippen molar-refractivity contribution in [1.82, 2.24) is 0 Å². The molecule has 1 unspecified atom stereocenters. The molecule has 112 valence electrons. The molecular formula is C16H19NO4. The van der Waals surface area contributed by atoms with Gasteiger partial charge in [-0.25, -0.2) is 0 Å². The second-order valence-corrected chi connectivity index (χ2v) is 5.80. The Hall–Kier alpha value is -1.45. The molecule has 0 aromatic heterocycles. The van der Waals surface area contributed by atoms with E-state index in [1.165, 1.54) is 0 Å². The highest BCUT2D eigenvalue weighted by molar-refractivity contribution is 5.13. The van der Waals surface area contributed by atoms with Gasteiger partial charge in [-0.2, -0.15) is 5.26 Å². The maximum Gasteiger partial charge on any atom is 0.186 e. The molecule has 21 heavy (non-hydrogen) atoms. The molecule has 0 spiro atoms. The quantitative estimate of drug-likeness (QED) is 0.854. The second kappa shape index (κ2) is 5.74. The summed E-state index contributed by atoms with van der Waals surface area (Å²) in [6, 6.07) is 12.1. The van der Waals surface area contributed by atoms with Gasteiger partial charge in [0.1, 0.15) is 12.2 Å². The lowest BCUT2D eigenvalue weighted by Crippen LogP contribution is -2.49. The molecule has 0 radical (unpaired) electrons. The smallest absolute Gasteiger partial charge is 0.186 e. The van der Waals surface area contributed by atoms with Crippen LogP contribution in [-0.2, 0) is 25.6 Å². The van der Waals surface area contributed by atoms with Gasteiger partial charge in [0, 0.05) is 0 Å². The fourth-order valence-electron chi connectivity index (χ4n) is 2.73. The van der Waals surface area contributed by atoms with Crippen LogP contribution in [0.25, 0.3) is 0 Å². The monoisotopic (exact) mass is 289 g/mol. The average molecular weight is 289 g/mol. The van der Waals surface area contributed by atoms with E-state index in [-0.39, 0.29) is 18.1 Å². The summed E-state index contributed by atoms with van der Waals surface area (Å²) in [6.07, 6.45) is -1.19. The second-order valence-electron chi connectivity index (χ2n) is 5.80. The normalized spacial score (nSPS) is 34.1. The van der Waals surface area contributed by atoms with Crippen molar-refractivity contribution in [2.24, 2.45) is 5.92 Å². The van der Waals surface area contributed by atoms with E-state index in [9.17, 15) is 5.26 Å². The van der Waals surface area contributed by atoms with E-state index in [1.807, 2.05) is 44.2 Å². The van der Waals surface area contributed by atoms with E-state index >= 15 is 0 Å². The minimum Gasteiger partial charge on any atom is -0.348 e. The zero-order chi connectivity index (χ0) is 14.9. The van der Waals surface area contributed by atoms with Crippen LogP contribution in [0.4, 0.5) is 0 Å². The fourth-order valence-corrected chi connectivity index (χ4v) is 2.73. The van der Waals surface area contributed by atoms with Gasteiger partial charge in [0.2, 0.25) is 0 Å². The van der Waals surface area contributed by atoms with Crippen LogP contribution in [0.5, 0.6) is 0 Å². The minimum absolute atomic E-state index is 0.302. The van der Waals surface area contributed by atoms with Gasteiger partial charge >= 0.3 is 0 Å². The molecule has 5 nitrogen and oxygen atoms in total. The van der Waals surface area contributed by atoms with Crippen LogP contribution in [0, 0.1) is 17.2 Å². The average Bonchev–Trinajstić information content (AvgIpc) is 2.81. The molecule has 0 amide bonds. The number of benzene rings is 1. The van der Waals surface area contributed by atoms with Gasteiger partial charge in [-0.15, -0.1) is 0 Å². The number of nitrogens with zero attached hydrogens (tertiary/aromatic N) is 1. The Morgan fingerprint density at radius 3 is 2.67 bits per heavy atom. The highest BCUT2D eigenvalue weighted by atomic mass is 16.8. The Labute approximate surface area is 124 Å². The highest BCUT2D eigenvalue weighted by Crippen LogP contribution is 2.38. The van der Waals surface area contributed by atoms with E-state index in [4.69, 9.17) is 18.9 Å². The summed E-state index contributed by atoms with van der Waals surface area (Å²) in [5.41, 5.74) is 1.07. The van der Waals surface area contributed by atoms with Crippen molar-refractivity contribution in [3.63, 3.8) is 0 Å². The number of rotatable bonds is 3. The van der Waals surface area contributed by atoms with E-state index < -0.39 is 12.1 Å². The van der Waals surface area contributed by atoms with Crippen LogP contribution < -0.4 is 0 Å². The third-order valence-corrected chi connectivity index (χ3v) is 3.69. The molecule has 2 heterocycles. The van der Waals surface area contributed by atoms with Crippen LogP contribution in [0.1, 0.15) is 19.4 Å². The summed E-state index contributed by atoms with van der Waals surface area (Å²) in [7, 11) is 0. The van der Waals surface area contributed by atoms with Gasteiger partial charge in [-0.3, -0.25) is 0 Å². The molecule has 3 rings (SSSR count). The first-order valence-corrected chi connectivity index (χ1v) is 7.11. The maximum atomic E-state index is 9.20. The Balaban J connectivity index is 1.68. The summed E-state index contributed by atoms with van der Waals surface area (Å²) in [5, 5.41) is 9.20. The molecule has 1 aromatic carbocycles. The Morgan fingerprint density at radius 2 is 1.95 bits per heavy atom. The number of hydrogen-bond donors (Lipinski definition) is 0. The van der Waals surface area contributed by atoms with Crippen molar-refractivity contribution in [1.29, 1.82) is 5.26 Å². The summed E-state index contributed by atoms with van der Waals surface area (Å²) < 4.78 is 23.2. The van der Waals surface area contributed by atoms with Crippen molar-refractivity contribution in [3.8, 4) is 6.07 Å². The Bertz CT molecular complexity index is 525. The van der Waals surface area contributed by atoms with Crippen molar-refractivity contribution in [2.45, 2.75) is 44.7 Å². The van der Waals surface area contributed by atoms with Gasteiger partial charge < -0.3 is 18.9 Å². The molecule has 5 heteroatoms. The van der Waals surface area contributed by atoms with Crippen LogP contribution in [0.15, 0.2) is 30.3 Å². The predicted octanol–water partition coefficient (Wildman–Crippen LogP) is 2.22. The third kappa shape index (κ3) is 3.09. The number of ether oxygens (including phenoxy) is 4. The number of hydrogen-bond acceptors (Lipinski definition) is 5. The fraction of sp³-hybridized carbons (Fsp3) is 0.562. The predicted molar refractivity (Wildman–Crippen MR) is 73.9 cm³/mol. The van der Waals surface area contributed by atoms with Crippen molar-refractivity contribution in [2.75, 3.05) is 6.61 Å². The van der Waals surface area contributed by atoms with Crippen LogP contribution in [0.2, 0.25) is 0 Å². The summed E-state index contributed by atoms with van der Waals surface area (Å²) in [6.45, 7) is 4.42. The highest BCUT2D eigenvalue weighted by Gasteiger charge is 2.52. The SMILES string of the molecule is CC1(C)O[C@H]2[C@H](O1)C(OCc1ccccc1)OC[C@@H]2C#N. The van der Waals surface area contributed by atoms with Gasteiger partial charge in [0.05, 0.1) is 25.2 Å². The van der Waals surface area contributed by atoms with Crippen LogP contribution in [-0.4, -0.2) is 30.9 Å². The van der Waals surface area contributed by atoms with Crippen molar-refractivity contribution < 1.29 is 18.9 Å². The molecule has 2 saturated heterocycles. The molecule has 2 aliphatic rings. The Kier molecular flexibility index (Phi) is 3.96. The third-order valence-electron chi connectivity index (χ3n) is 3.69. The molecular weight excluding hydrogens is 270 g/mol. The number of fused-ring (bicyclic) bond motifs is 1. The molecule has 0 saturated carbocycles. The van der Waals surface area contributed by atoms with E-state index in [1.54, 1.807) is 0 Å². The number of nitriles is 1. The lowest BCUT2D eigenvalue weighted by atomic mass is 9.97. The molecule has 0 aliphatic carbocycles. The molecule has 0 bridgehead atoms. The molecule has 2 fully saturated rings. The maximum absolute atomic E-state index is 9.20. The zero-order valence-electron chi connectivity index (χ0n) is 12.2. The molecule has 4 atom stereocenters. The van der Waals surface area contributed by atoms with E-state index in [0.717, 1.165) is 5.56 Å². The van der Waals surface area contributed by atoms with Crippen LogP contribution in [0.3, 0.4) is 0 Å². The molecule has 1 aromatic rings. The summed E-state index contributed by atoms with van der Waals surface area (Å²) >= 11 is 0. The topological polar surface area (TPSA) is 60.7 Å². The van der Waals surface area contributed by atoms with Crippen molar-refractivity contribution in [3.05, 3.63) is 35.9 Å². The first-order valence-electron chi connectivity index (χ1n) is 7.11. The Morgan fingerprint density at radius 1 is 1.24 bits per heavy atom. The molecule has 2 aliphatic heterocycles. The summed E-state index contributed by atoms with van der Waals surface area (Å²) in [4.78, 5) is 0. The largest absolute Gasteiger partial charge is 0.348 e. The van der Waals surface area contributed by atoms with E-state index in [2.05, 4.69) is 6.07 Å². The standard InChI is InChI=1S/C16H19NO4/c1-16(2)20-13-12(8-17)10-19-15(14(13)21-16)18-9-11-6-4-3-5-7-11/h3-7,12-15H,9-10H2,1-2H3/t12-,13+,14-,15?/m0/s1. The first-order chi connectivity index (χ1) is 10.1. The van der Waals surface area contributed by atoms with Gasteiger partial charge in [0.15, 0.2) is 12.1 Å². The van der Waals surface area contributed by atoms with Gasteiger partial charge in [0.25, 0.3) is 0 Å². The van der Waals surface area contributed by atoms with Crippen LogP contribution >= 0.6 is 0 Å². The lowest BCUT2D eigenvalue weighted by molar-refractivity contribution is -0.240. The lowest BCUT2D eigenvalue weighted by Gasteiger charge is -2.33. The molecule has 0 N–H and O–H groups in total.